The van der Waals surface area contributed by atoms with E-state index in [4.69, 9.17) is 9.26 Å². The largest absolute Gasteiger partial charge is 0.385 e. The minimum Gasteiger partial charge on any atom is -0.385 e. The maximum absolute atomic E-state index is 5.51. The summed E-state index contributed by atoms with van der Waals surface area (Å²) in [6, 6.07) is 6.29. The van der Waals surface area contributed by atoms with Crippen LogP contribution in [-0.4, -0.2) is 23.8 Å². The molecule has 5 nitrogen and oxygen atoms in total. The van der Waals surface area contributed by atoms with Gasteiger partial charge in [-0.05, 0) is 55.4 Å². The first-order chi connectivity index (χ1) is 10.3. The first-order valence-electron chi connectivity index (χ1n) is 7.59. The molecule has 5 heteroatoms. The lowest BCUT2D eigenvalue weighted by Gasteiger charge is -2.17. The molecule has 1 saturated carbocycles. The molecule has 21 heavy (non-hydrogen) atoms. The van der Waals surface area contributed by atoms with Gasteiger partial charge in [0.25, 0.3) is 5.89 Å². The quantitative estimate of drug-likeness (QED) is 0.934. The van der Waals surface area contributed by atoms with Gasteiger partial charge in [0, 0.05) is 24.9 Å². The number of anilines is 1. The van der Waals surface area contributed by atoms with E-state index in [9.17, 15) is 0 Å². The number of hydrogen-bond acceptors (Lipinski definition) is 5. The van der Waals surface area contributed by atoms with Crippen molar-refractivity contribution in [1.82, 2.24) is 10.1 Å². The highest BCUT2D eigenvalue weighted by molar-refractivity contribution is 5.63. The number of rotatable bonds is 4. The van der Waals surface area contributed by atoms with Gasteiger partial charge >= 0.3 is 0 Å². The van der Waals surface area contributed by atoms with Crippen LogP contribution in [0.1, 0.15) is 36.8 Å². The first kappa shape index (κ1) is 12.8. The lowest BCUT2D eigenvalue weighted by atomic mass is 10.0. The second kappa shape index (κ2) is 5.15. The van der Waals surface area contributed by atoms with E-state index in [0.717, 1.165) is 18.5 Å². The van der Waals surface area contributed by atoms with Crippen LogP contribution in [0.2, 0.25) is 0 Å². The normalized spacial score (nSPS) is 18.9. The smallest absolute Gasteiger partial charge is 0.258 e. The van der Waals surface area contributed by atoms with Crippen LogP contribution >= 0.6 is 0 Å². The molecule has 1 aromatic heterocycles. The molecule has 1 N–H and O–H groups in total. The maximum atomic E-state index is 5.51. The summed E-state index contributed by atoms with van der Waals surface area (Å²) in [6.45, 7) is 1.05. The summed E-state index contributed by atoms with van der Waals surface area (Å²) < 4.78 is 10.9. The zero-order valence-corrected chi connectivity index (χ0v) is 12.1. The molecule has 2 aliphatic rings. The van der Waals surface area contributed by atoms with Crippen LogP contribution in [-0.2, 0) is 11.2 Å². The summed E-state index contributed by atoms with van der Waals surface area (Å²) in [5.41, 5.74) is 3.53. The van der Waals surface area contributed by atoms with Crippen molar-refractivity contribution in [3.63, 3.8) is 0 Å². The minimum absolute atomic E-state index is 0.0261. The molecule has 4 rings (SSSR count). The van der Waals surface area contributed by atoms with Crippen LogP contribution in [0.3, 0.4) is 0 Å². The standard InChI is InChI=1S/C16H19N3O2/c1-20-14(10-4-5-10)15-18-16(21-19-15)12-6-7-13-11(9-12)3-2-8-17-13/h6-7,9-10,14,17H,2-5,8H2,1H3. The van der Waals surface area contributed by atoms with Gasteiger partial charge in [-0.25, -0.2) is 0 Å². The van der Waals surface area contributed by atoms with E-state index in [1.807, 2.05) is 6.07 Å². The number of methoxy groups -OCH3 is 1. The van der Waals surface area contributed by atoms with Gasteiger partial charge in [0.15, 0.2) is 0 Å². The zero-order valence-electron chi connectivity index (χ0n) is 12.1. The van der Waals surface area contributed by atoms with Crippen molar-refractivity contribution in [2.75, 3.05) is 19.0 Å². The van der Waals surface area contributed by atoms with Crippen molar-refractivity contribution in [1.29, 1.82) is 0 Å². The summed E-state index contributed by atoms with van der Waals surface area (Å²) in [4.78, 5) is 4.54. The SMILES string of the molecule is COC(c1noc(-c2ccc3c(c2)CCCN3)n1)C1CC1. The molecule has 2 aromatic rings. The molecule has 0 saturated heterocycles. The van der Waals surface area contributed by atoms with Crippen molar-refractivity contribution in [2.24, 2.45) is 5.92 Å². The van der Waals surface area contributed by atoms with Crippen LogP contribution in [0.4, 0.5) is 5.69 Å². The molecule has 1 aliphatic carbocycles. The number of aryl methyl sites for hydroxylation is 1. The average Bonchev–Trinajstić information content (AvgIpc) is 3.24. The molecule has 110 valence electrons. The summed E-state index contributed by atoms with van der Waals surface area (Å²) in [7, 11) is 1.71. The Kier molecular flexibility index (Phi) is 3.15. The van der Waals surface area contributed by atoms with E-state index < -0.39 is 0 Å². The fourth-order valence-corrected chi connectivity index (χ4v) is 2.98. The zero-order chi connectivity index (χ0) is 14.2. The Hall–Kier alpha value is -1.88. The molecule has 0 radical (unpaired) electrons. The Morgan fingerprint density at radius 3 is 3.10 bits per heavy atom. The van der Waals surface area contributed by atoms with Crippen molar-refractivity contribution in [2.45, 2.75) is 31.8 Å². The van der Waals surface area contributed by atoms with Gasteiger partial charge in [0.05, 0.1) is 0 Å². The summed E-state index contributed by atoms with van der Waals surface area (Å²) in [5, 5.41) is 7.52. The van der Waals surface area contributed by atoms with Crippen molar-refractivity contribution >= 4 is 5.69 Å². The molecule has 0 spiro atoms. The van der Waals surface area contributed by atoms with E-state index in [1.54, 1.807) is 7.11 Å². The predicted octanol–water partition coefficient (Wildman–Crippen LogP) is 3.19. The topological polar surface area (TPSA) is 60.2 Å². The fraction of sp³-hybridized carbons (Fsp3) is 0.500. The second-order valence-electron chi connectivity index (χ2n) is 5.85. The van der Waals surface area contributed by atoms with Crippen LogP contribution in [0.5, 0.6) is 0 Å². The Labute approximate surface area is 123 Å². The third-order valence-corrected chi connectivity index (χ3v) is 4.29. The van der Waals surface area contributed by atoms with Gasteiger partial charge in [0.2, 0.25) is 5.82 Å². The summed E-state index contributed by atoms with van der Waals surface area (Å²) >= 11 is 0. The Balaban J connectivity index is 1.63. The molecular formula is C16H19N3O2. The van der Waals surface area contributed by atoms with Gasteiger partial charge in [-0.1, -0.05) is 5.16 Å². The van der Waals surface area contributed by atoms with E-state index in [0.29, 0.717) is 17.6 Å². The van der Waals surface area contributed by atoms with Crippen LogP contribution < -0.4 is 5.32 Å². The van der Waals surface area contributed by atoms with E-state index in [1.165, 1.54) is 30.5 Å². The summed E-state index contributed by atoms with van der Waals surface area (Å²) in [6.07, 6.45) is 4.61. The van der Waals surface area contributed by atoms with Crippen molar-refractivity contribution < 1.29 is 9.26 Å². The highest BCUT2D eigenvalue weighted by Crippen LogP contribution is 2.42. The number of nitrogens with one attached hydrogen (secondary N) is 1. The van der Waals surface area contributed by atoms with Crippen molar-refractivity contribution in [3.05, 3.63) is 29.6 Å². The third kappa shape index (κ3) is 2.42. The summed E-state index contributed by atoms with van der Waals surface area (Å²) in [5.74, 6) is 1.81. The van der Waals surface area contributed by atoms with Gasteiger partial charge in [-0.15, -0.1) is 0 Å². The van der Waals surface area contributed by atoms with E-state index >= 15 is 0 Å². The average molecular weight is 285 g/mol. The van der Waals surface area contributed by atoms with Crippen LogP contribution in [0, 0.1) is 5.92 Å². The number of benzene rings is 1. The first-order valence-corrected chi connectivity index (χ1v) is 7.59. The predicted molar refractivity (Wildman–Crippen MR) is 79.0 cm³/mol. The Morgan fingerprint density at radius 2 is 2.29 bits per heavy atom. The monoisotopic (exact) mass is 285 g/mol. The molecule has 1 fully saturated rings. The Morgan fingerprint density at radius 1 is 1.38 bits per heavy atom. The third-order valence-electron chi connectivity index (χ3n) is 4.29. The fourth-order valence-electron chi connectivity index (χ4n) is 2.98. The lowest BCUT2D eigenvalue weighted by molar-refractivity contribution is 0.0751. The number of hydrogen-bond donors (Lipinski definition) is 1. The molecule has 1 atom stereocenters. The highest BCUT2D eigenvalue weighted by atomic mass is 16.5. The van der Waals surface area contributed by atoms with Gasteiger partial charge in [-0.3, -0.25) is 0 Å². The molecular weight excluding hydrogens is 266 g/mol. The molecule has 1 unspecified atom stereocenters. The molecule has 0 bridgehead atoms. The van der Waals surface area contributed by atoms with Crippen LogP contribution in [0.15, 0.2) is 22.7 Å². The Bertz CT molecular complexity index is 649. The maximum Gasteiger partial charge on any atom is 0.258 e. The number of nitrogens with zero attached hydrogens (tertiary/aromatic N) is 2. The lowest BCUT2D eigenvalue weighted by Crippen LogP contribution is -2.11. The van der Waals surface area contributed by atoms with Gasteiger partial charge < -0.3 is 14.6 Å². The molecule has 2 heterocycles. The highest BCUT2D eigenvalue weighted by Gasteiger charge is 2.35. The molecule has 1 aliphatic heterocycles. The van der Waals surface area contributed by atoms with Gasteiger partial charge in [0.1, 0.15) is 6.10 Å². The minimum atomic E-state index is -0.0261. The van der Waals surface area contributed by atoms with Crippen LogP contribution in [0.25, 0.3) is 11.5 Å². The second-order valence-corrected chi connectivity index (χ2v) is 5.85. The number of ether oxygens (including phenoxy) is 1. The van der Waals surface area contributed by atoms with Gasteiger partial charge in [-0.2, -0.15) is 4.98 Å². The van der Waals surface area contributed by atoms with E-state index in [2.05, 4.69) is 27.6 Å². The molecule has 0 amide bonds. The number of aromatic nitrogens is 2. The number of fused-ring (bicyclic) bond motifs is 1. The molecule has 1 aromatic carbocycles. The van der Waals surface area contributed by atoms with Crippen molar-refractivity contribution in [3.8, 4) is 11.5 Å². The van der Waals surface area contributed by atoms with E-state index in [-0.39, 0.29) is 6.10 Å².